The molecule has 0 amide bonds. The minimum atomic E-state index is -2.99. The van der Waals surface area contributed by atoms with Crippen LogP contribution in [-0.2, 0) is 14.6 Å². The molecule has 102 valence electrons. The van der Waals surface area contributed by atoms with Crippen molar-refractivity contribution in [3.05, 3.63) is 11.1 Å². The molecule has 1 aromatic heterocycles. The van der Waals surface area contributed by atoms with Crippen molar-refractivity contribution < 1.29 is 17.9 Å². The minimum Gasteiger partial charge on any atom is -0.461 e. The molecule has 1 heterocycles. The molecule has 18 heavy (non-hydrogen) atoms. The zero-order valence-corrected chi connectivity index (χ0v) is 11.9. The van der Waals surface area contributed by atoms with E-state index in [-0.39, 0.29) is 23.7 Å². The highest BCUT2D eigenvalue weighted by molar-refractivity contribution is 7.91. The lowest BCUT2D eigenvalue weighted by Crippen LogP contribution is -2.17. The lowest BCUT2D eigenvalue weighted by molar-refractivity contribution is 0.0520. The molecule has 0 saturated carbocycles. The maximum atomic E-state index is 11.3. The fourth-order valence-electron chi connectivity index (χ4n) is 1.11. The minimum absolute atomic E-state index is 0.0534. The summed E-state index contributed by atoms with van der Waals surface area (Å²) in [6, 6.07) is 0. The van der Waals surface area contributed by atoms with Crippen LogP contribution in [0.5, 0.6) is 0 Å². The van der Waals surface area contributed by atoms with Gasteiger partial charge in [-0.25, -0.2) is 18.2 Å². The van der Waals surface area contributed by atoms with Crippen molar-refractivity contribution in [2.45, 2.75) is 13.8 Å². The van der Waals surface area contributed by atoms with Gasteiger partial charge in [-0.2, -0.15) is 0 Å². The van der Waals surface area contributed by atoms with Crippen molar-refractivity contribution in [2.24, 2.45) is 0 Å². The molecule has 8 heteroatoms. The van der Waals surface area contributed by atoms with E-state index in [9.17, 15) is 13.2 Å². The highest BCUT2D eigenvalue weighted by atomic mass is 32.2. The van der Waals surface area contributed by atoms with Crippen molar-refractivity contribution in [3.63, 3.8) is 0 Å². The second kappa shape index (κ2) is 6.69. The van der Waals surface area contributed by atoms with Crippen LogP contribution < -0.4 is 5.32 Å². The maximum absolute atomic E-state index is 11.3. The first-order valence-electron chi connectivity index (χ1n) is 5.55. The van der Waals surface area contributed by atoms with Crippen molar-refractivity contribution in [1.29, 1.82) is 0 Å². The van der Waals surface area contributed by atoms with E-state index in [1.54, 1.807) is 19.2 Å². The van der Waals surface area contributed by atoms with Crippen LogP contribution in [0.2, 0.25) is 0 Å². The SMILES string of the molecule is CCOC(=O)c1csc(NCCS(=O)(=O)CC)n1. The van der Waals surface area contributed by atoms with E-state index in [1.807, 2.05) is 0 Å². The Labute approximate surface area is 110 Å². The molecule has 0 unspecified atom stereocenters. The van der Waals surface area contributed by atoms with Crippen molar-refractivity contribution in [3.8, 4) is 0 Å². The predicted molar refractivity (Wildman–Crippen MR) is 70.9 cm³/mol. The van der Waals surface area contributed by atoms with Gasteiger partial charge in [-0.1, -0.05) is 6.92 Å². The van der Waals surface area contributed by atoms with Gasteiger partial charge >= 0.3 is 5.97 Å². The Bertz CT molecular complexity index is 496. The number of nitrogens with one attached hydrogen (secondary N) is 1. The quantitative estimate of drug-likeness (QED) is 0.759. The first-order valence-corrected chi connectivity index (χ1v) is 8.25. The number of thiazole rings is 1. The van der Waals surface area contributed by atoms with Crippen molar-refractivity contribution >= 4 is 32.3 Å². The Morgan fingerprint density at radius 1 is 1.50 bits per heavy atom. The first kappa shape index (κ1) is 14.9. The summed E-state index contributed by atoms with van der Waals surface area (Å²) < 4.78 is 27.3. The zero-order valence-electron chi connectivity index (χ0n) is 10.3. The van der Waals surface area contributed by atoms with Crippen LogP contribution >= 0.6 is 11.3 Å². The molecule has 0 aliphatic carbocycles. The summed E-state index contributed by atoms with van der Waals surface area (Å²) in [7, 11) is -2.99. The smallest absolute Gasteiger partial charge is 0.357 e. The average Bonchev–Trinajstić information content (AvgIpc) is 2.78. The number of hydrogen-bond donors (Lipinski definition) is 1. The van der Waals surface area contributed by atoms with Crippen LogP contribution in [-0.4, -0.2) is 44.0 Å². The lowest BCUT2D eigenvalue weighted by atomic mass is 10.5. The molecule has 6 nitrogen and oxygen atoms in total. The summed E-state index contributed by atoms with van der Waals surface area (Å²) in [5.41, 5.74) is 0.239. The van der Waals surface area contributed by atoms with Gasteiger partial charge in [0, 0.05) is 17.7 Å². The van der Waals surface area contributed by atoms with E-state index >= 15 is 0 Å². The number of rotatable bonds is 7. The van der Waals surface area contributed by atoms with Gasteiger partial charge in [0.25, 0.3) is 0 Å². The fraction of sp³-hybridized carbons (Fsp3) is 0.600. The standard InChI is InChI=1S/C10H16N2O4S2/c1-3-16-9(13)8-7-17-10(12-8)11-5-6-18(14,15)4-2/h7H,3-6H2,1-2H3,(H,11,12). The first-order chi connectivity index (χ1) is 8.48. The number of aromatic nitrogens is 1. The normalized spacial score (nSPS) is 11.2. The summed E-state index contributed by atoms with van der Waals surface area (Å²) in [6.45, 7) is 3.91. The molecule has 0 radical (unpaired) electrons. The molecule has 0 aromatic carbocycles. The van der Waals surface area contributed by atoms with E-state index in [0.717, 1.165) is 0 Å². The molecule has 1 aromatic rings. The molecule has 0 saturated heterocycles. The second-order valence-electron chi connectivity index (χ2n) is 3.42. The van der Waals surface area contributed by atoms with Crippen molar-refractivity contribution in [2.75, 3.05) is 30.0 Å². The number of carbonyl (C=O) groups is 1. The molecule has 1 N–H and O–H groups in total. The number of esters is 1. The number of hydrogen-bond acceptors (Lipinski definition) is 7. The van der Waals surface area contributed by atoms with E-state index in [1.165, 1.54) is 11.3 Å². The monoisotopic (exact) mass is 292 g/mol. The summed E-state index contributed by atoms with van der Waals surface area (Å²) in [6.07, 6.45) is 0. The molecule has 0 aliphatic heterocycles. The Morgan fingerprint density at radius 3 is 2.83 bits per heavy atom. The third-order valence-corrected chi connectivity index (χ3v) is 4.62. The number of anilines is 1. The van der Waals surface area contributed by atoms with E-state index < -0.39 is 15.8 Å². The van der Waals surface area contributed by atoms with Crippen LogP contribution in [0, 0.1) is 0 Å². The summed E-state index contributed by atoms with van der Waals surface area (Å²) in [5, 5.41) is 4.97. The van der Waals surface area contributed by atoms with Gasteiger partial charge in [0.15, 0.2) is 20.7 Å². The molecule has 0 atom stereocenters. The number of sulfone groups is 1. The lowest BCUT2D eigenvalue weighted by Gasteiger charge is -2.02. The number of nitrogens with zero attached hydrogens (tertiary/aromatic N) is 1. The third-order valence-electron chi connectivity index (χ3n) is 2.12. The molecule has 0 fully saturated rings. The second-order valence-corrected chi connectivity index (χ2v) is 6.75. The van der Waals surface area contributed by atoms with Crippen LogP contribution in [0.25, 0.3) is 0 Å². The fourth-order valence-corrected chi connectivity index (χ4v) is 2.52. The van der Waals surface area contributed by atoms with Crippen molar-refractivity contribution in [1.82, 2.24) is 4.98 Å². The van der Waals surface area contributed by atoms with Crippen LogP contribution in [0.4, 0.5) is 5.13 Å². The van der Waals surface area contributed by atoms with Gasteiger partial charge in [0.1, 0.15) is 0 Å². The highest BCUT2D eigenvalue weighted by Gasteiger charge is 2.12. The van der Waals surface area contributed by atoms with E-state index in [2.05, 4.69) is 10.3 Å². The summed E-state index contributed by atoms with van der Waals surface area (Å²) >= 11 is 1.24. The molecular formula is C10H16N2O4S2. The summed E-state index contributed by atoms with van der Waals surface area (Å²) in [5.74, 6) is -0.290. The molecule has 1 rings (SSSR count). The third kappa shape index (κ3) is 4.61. The van der Waals surface area contributed by atoms with Crippen LogP contribution in [0.15, 0.2) is 5.38 Å². The van der Waals surface area contributed by atoms with Gasteiger partial charge in [-0.15, -0.1) is 11.3 Å². The Hall–Kier alpha value is -1.15. The Kier molecular flexibility index (Phi) is 5.54. The number of ether oxygens (including phenoxy) is 1. The van der Waals surface area contributed by atoms with E-state index in [4.69, 9.17) is 4.74 Å². The predicted octanol–water partition coefficient (Wildman–Crippen LogP) is 1.17. The molecule has 0 aliphatic rings. The highest BCUT2D eigenvalue weighted by Crippen LogP contribution is 2.15. The topological polar surface area (TPSA) is 85.4 Å². The van der Waals surface area contributed by atoms with Gasteiger partial charge < -0.3 is 10.1 Å². The zero-order chi connectivity index (χ0) is 13.6. The number of carbonyl (C=O) groups excluding carboxylic acids is 1. The molecule has 0 spiro atoms. The molecule has 0 bridgehead atoms. The van der Waals surface area contributed by atoms with Gasteiger partial charge in [-0.3, -0.25) is 0 Å². The molecular weight excluding hydrogens is 276 g/mol. The Morgan fingerprint density at radius 2 is 2.22 bits per heavy atom. The average molecular weight is 292 g/mol. The maximum Gasteiger partial charge on any atom is 0.357 e. The Balaban J connectivity index is 2.47. The van der Waals surface area contributed by atoms with Crippen LogP contribution in [0.1, 0.15) is 24.3 Å². The van der Waals surface area contributed by atoms with Gasteiger partial charge in [-0.05, 0) is 6.92 Å². The largest absolute Gasteiger partial charge is 0.461 e. The summed E-state index contributed by atoms with van der Waals surface area (Å²) in [4.78, 5) is 15.3. The van der Waals surface area contributed by atoms with Gasteiger partial charge in [0.2, 0.25) is 0 Å². The van der Waals surface area contributed by atoms with Gasteiger partial charge in [0.05, 0.1) is 12.4 Å². The van der Waals surface area contributed by atoms with E-state index in [0.29, 0.717) is 11.7 Å². The van der Waals surface area contributed by atoms with Crippen LogP contribution in [0.3, 0.4) is 0 Å².